The van der Waals surface area contributed by atoms with Gasteiger partial charge in [-0.3, -0.25) is 4.79 Å². The number of thiazole rings is 1. The average molecular weight is 457 g/mol. The number of hydrogen-bond donors (Lipinski definition) is 1. The van der Waals surface area contributed by atoms with E-state index in [1.165, 1.54) is 17.4 Å². The summed E-state index contributed by atoms with van der Waals surface area (Å²) in [7, 11) is 0. The number of thiophene rings is 1. The van der Waals surface area contributed by atoms with E-state index in [0.717, 1.165) is 29.3 Å². The molecule has 30 heavy (non-hydrogen) atoms. The fourth-order valence-corrected chi connectivity index (χ4v) is 4.71. The first-order valence-corrected chi connectivity index (χ1v) is 11.4. The molecule has 0 spiro atoms. The van der Waals surface area contributed by atoms with Crippen LogP contribution >= 0.6 is 34.3 Å². The number of halogens is 1. The lowest BCUT2D eigenvalue weighted by Gasteiger charge is -2.30. The number of amides is 1. The number of rotatable bonds is 5. The Kier molecular flexibility index (Phi) is 6.45. The van der Waals surface area contributed by atoms with Gasteiger partial charge >= 0.3 is 0 Å². The molecule has 0 bridgehead atoms. The van der Waals surface area contributed by atoms with Crippen molar-refractivity contribution in [2.24, 2.45) is 0 Å². The first-order chi connectivity index (χ1) is 14.6. The molecule has 0 saturated carbocycles. The molecule has 4 rings (SSSR count). The molecule has 0 atom stereocenters. The number of carbonyl (C=O) groups is 1. The quantitative estimate of drug-likeness (QED) is 0.436. The zero-order chi connectivity index (χ0) is 20.9. The minimum absolute atomic E-state index is 0.0231. The Morgan fingerprint density at radius 3 is 2.87 bits per heavy atom. The summed E-state index contributed by atoms with van der Waals surface area (Å²) in [6.45, 7) is 2.68. The van der Waals surface area contributed by atoms with Crippen molar-refractivity contribution in [2.75, 3.05) is 36.5 Å². The number of aromatic nitrogens is 1. The molecule has 2 aromatic heterocycles. The number of benzene rings is 1. The van der Waals surface area contributed by atoms with Crippen molar-refractivity contribution < 1.29 is 9.53 Å². The van der Waals surface area contributed by atoms with Gasteiger partial charge in [0, 0.05) is 34.4 Å². The smallest absolute Gasteiger partial charge is 0.266 e. The van der Waals surface area contributed by atoms with Gasteiger partial charge in [0.25, 0.3) is 5.91 Å². The van der Waals surface area contributed by atoms with Gasteiger partial charge < -0.3 is 15.0 Å². The van der Waals surface area contributed by atoms with E-state index >= 15 is 0 Å². The molecule has 1 fully saturated rings. The van der Waals surface area contributed by atoms with Crippen LogP contribution in [0.15, 0.2) is 46.0 Å². The van der Waals surface area contributed by atoms with Crippen LogP contribution in [0.5, 0.6) is 0 Å². The number of ether oxygens (including phenoxy) is 1. The maximum Gasteiger partial charge on any atom is 0.266 e. The van der Waals surface area contributed by atoms with Crippen molar-refractivity contribution in [3.8, 4) is 16.6 Å². The predicted molar refractivity (Wildman–Crippen MR) is 122 cm³/mol. The molecule has 1 aliphatic rings. The second-order valence-electron chi connectivity index (χ2n) is 6.47. The van der Waals surface area contributed by atoms with Gasteiger partial charge in [0.1, 0.15) is 16.6 Å². The monoisotopic (exact) mass is 456 g/mol. The summed E-state index contributed by atoms with van der Waals surface area (Å²) in [5.41, 5.74) is 2.99. The third kappa shape index (κ3) is 4.71. The van der Waals surface area contributed by atoms with Gasteiger partial charge in [0.2, 0.25) is 0 Å². The summed E-state index contributed by atoms with van der Waals surface area (Å²) < 4.78 is 5.40. The van der Waals surface area contributed by atoms with Crippen molar-refractivity contribution >= 4 is 57.6 Å². The van der Waals surface area contributed by atoms with Gasteiger partial charge in [0.05, 0.1) is 30.3 Å². The molecule has 9 heteroatoms. The normalized spacial score (nSPS) is 14.4. The first-order valence-electron chi connectivity index (χ1n) is 9.17. The third-order valence-electron chi connectivity index (χ3n) is 4.51. The minimum Gasteiger partial charge on any atom is -0.378 e. The number of carbonyl (C=O) groups excluding carboxylic acids is 1. The van der Waals surface area contributed by atoms with E-state index in [9.17, 15) is 10.1 Å². The molecule has 3 heterocycles. The maximum atomic E-state index is 12.8. The van der Waals surface area contributed by atoms with Crippen molar-refractivity contribution in [1.82, 2.24) is 4.98 Å². The second-order valence-corrected chi connectivity index (χ2v) is 8.55. The number of nitrogens with zero attached hydrogens (tertiary/aromatic N) is 3. The van der Waals surface area contributed by atoms with Crippen LogP contribution in [0.4, 0.5) is 11.4 Å². The zero-order valence-corrected chi connectivity index (χ0v) is 18.2. The van der Waals surface area contributed by atoms with Gasteiger partial charge in [-0.25, -0.2) is 4.98 Å². The highest BCUT2D eigenvalue weighted by atomic mass is 35.5. The Morgan fingerprint density at radius 1 is 1.30 bits per heavy atom. The zero-order valence-electron chi connectivity index (χ0n) is 15.8. The molecule has 1 saturated heterocycles. The van der Waals surface area contributed by atoms with Crippen LogP contribution in [-0.4, -0.2) is 37.2 Å². The molecule has 152 valence electrons. The van der Waals surface area contributed by atoms with Crippen molar-refractivity contribution in [1.29, 1.82) is 5.26 Å². The number of nitrogens with one attached hydrogen (secondary N) is 1. The Morgan fingerprint density at radius 2 is 2.13 bits per heavy atom. The molecule has 1 aromatic carbocycles. The maximum absolute atomic E-state index is 12.8. The summed E-state index contributed by atoms with van der Waals surface area (Å²) in [5.74, 6) is -0.501. The number of anilines is 2. The van der Waals surface area contributed by atoms with Crippen molar-refractivity contribution in [2.45, 2.75) is 0 Å². The van der Waals surface area contributed by atoms with E-state index in [1.54, 1.807) is 23.5 Å². The summed E-state index contributed by atoms with van der Waals surface area (Å²) in [6.07, 6.45) is 1.50. The second kappa shape index (κ2) is 9.41. The topological polar surface area (TPSA) is 78.2 Å². The molecule has 1 aliphatic heterocycles. The Bertz CT molecular complexity index is 1110. The molecule has 6 nitrogen and oxygen atoms in total. The molecule has 1 amide bonds. The Balaban J connectivity index is 1.56. The standard InChI is InChI=1S/C21H17ClN4O2S2/c22-16-1-2-19(26-4-6-28-7-5-26)18(10-16)25-20(27)15(11-23)9-17-13-30-21(24-17)14-3-8-29-12-14/h1-3,8-10,12-13H,4-7H2,(H,25,27)/b15-9+. The first kappa shape index (κ1) is 20.6. The van der Waals surface area contributed by atoms with Gasteiger partial charge in [0.15, 0.2) is 0 Å². The van der Waals surface area contributed by atoms with Crippen LogP contribution in [-0.2, 0) is 9.53 Å². The van der Waals surface area contributed by atoms with Crippen LogP contribution in [0.25, 0.3) is 16.6 Å². The summed E-state index contributed by atoms with van der Waals surface area (Å²) in [4.78, 5) is 19.5. The fraction of sp³-hybridized carbons (Fsp3) is 0.190. The van der Waals surface area contributed by atoms with E-state index in [4.69, 9.17) is 16.3 Å². The number of nitriles is 1. The average Bonchev–Trinajstić information content (AvgIpc) is 3.44. The summed E-state index contributed by atoms with van der Waals surface area (Å²) in [6, 6.07) is 9.31. The highest BCUT2D eigenvalue weighted by Crippen LogP contribution is 2.31. The van der Waals surface area contributed by atoms with E-state index in [2.05, 4.69) is 15.2 Å². The molecule has 1 N–H and O–H groups in total. The van der Waals surface area contributed by atoms with E-state index in [1.807, 2.05) is 34.3 Å². The highest BCUT2D eigenvalue weighted by molar-refractivity contribution is 7.14. The minimum atomic E-state index is -0.501. The van der Waals surface area contributed by atoms with E-state index < -0.39 is 5.91 Å². The molecule has 0 radical (unpaired) electrons. The van der Waals surface area contributed by atoms with Gasteiger partial charge in [-0.15, -0.1) is 11.3 Å². The van der Waals surface area contributed by atoms with Crippen molar-refractivity contribution in [3.63, 3.8) is 0 Å². The number of morpholine rings is 1. The third-order valence-corrected chi connectivity index (χ3v) is 6.33. The van der Waals surface area contributed by atoms with Crippen LogP contribution < -0.4 is 10.2 Å². The van der Waals surface area contributed by atoms with Crippen molar-refractivity contribution in [3.05, 3.63) is 56.7 Å². The lowest BCUT2D eigenvalue weighted by Crippen LogP contribution is -2.36. The SMILES string of the molecule is N#C/C(=C\c1csc(-c2ccsc2)n1)C(=O)Nc1cc(Cl)ccc1N1CCOCC1. The molecule has 0 unspecified atom stereocenters. The highest BCUT2D eigenvalue weighted by Gasteiger charge is 2.18. The number of hydrogen-bond acceptors (Lipinski definition) is 7. The van der Waals surface area contributed by atoms with E-state index in [0.29, 0.717) is 29.6 Å². The van der Waals surface area contributed by atoms with E-state index in [-0.39, 0.29) is 5.57 Å². The molecule has 0 aliphatic carbocycles. The van der Waals surface area contributed by atoms with Crippen LogP contribution in [0, 0.1) is 11.3 Å². The molecular weight excluding hydrogens is 440 g/mol. The summed E-state index contributed by atoms with van der Waals surface area (Å²) in [5, 5.41) is 19.6. The van der Waals surface area contributed by atoms with Crippen LogP contribution in [0.2, 0.25) is 5.02 Å². The molecular formula is C21H17ClN4O2S2. The van der Waals surface area contributed by atoms with Crippen LogP contribution in [0.1, 0.15) is 5.69 Å². The van der Waals surface area contributed by atoms with Gasteiger partial charge in [-0.1, -0.05) is 11.6 Å². The van der Waals surface area contributed by atoms with Crippen LogP contribution in [0.3, 0.4) is 0 Å². The lowest BCUT2D eigenvalue weighted by molar-refractivity contribution is -0.112. The largest absolute Gasteiger partial charge is 0.378 e. The fourth-order valence-electron chi connectivity index (χ4n) is 3.05. The Hall–Kier alpha value is -2.70. The van der Waals surface area contributed by atoms with Gasteiger partial charge in [-0.2, -0.15) is 16.6 Å². The van der Waals surface area contributed by atoms with Gasteiger partial charge in [-0.05, 0) is 35.7 Å². The lowest BCUT2D eigenvalue weighted by atomic mass is 10.2. The summed E-state index contributed by atoms with van der Waals surface area (Å²) >= 11 is 9.22. The predicted octanol–water partition coefficient (Wildman–Crippen LogP) is 4.91. The molecule has 3 aromatic rings. The Labute approximate surface area is 187 Å².